The van der Waals surface area contributed by atoms with Crippen LogP contribution in [0.5, 0.6) is 11.5 Å². The number of allylic oxidation sites excluding steroid dienone is 1. The number of hydrogen-bond donors (Lipinski definition) is 1. The van der Waals surface area contributed by atoms with E-state index in [4.69, 9.17) is 9.47 Å². The molecule has 2 aromatic heterocycles. The monoisotopic (exact) mass is 539 g/mol. The molecule has 1 aliphatic heterocycles. The third-order valence-corrected chi connectivity index (χ3v) is 6.64. The van der Waals surface area contributed by atoms with Crippen molar-refractivity contribution in [3.63, 3.8) is 0 Å². The molecule has 0 radical (unpaired) electrons. The van der Waals surface area contributed by atoms with E-state index in [-0.39, 0.29) is 24.8 Å². The molecule has 4 aromatic rings. The van der Waals surface area contributed by atoms with E-state index in [1.165, 1.54) is 11.0 Å². The van der Waals surface area contributed by atoms with Crippen molar-refractivity contribution in [3.8, 4) is 22.6 Å². The van der Waals surface area contributed by atoms with Crippen LogP contribution in [-0.2, 0) is 24.8 Å². The third-order valence-electron chi connectivity index (χ3n) is 6.64. The van der Waals surface area contributed by atoms with Crippen LogP contribution in [0.1, 0.15) is 11.1 Å². The molecule has 0 spiro atoms. The number of anilines is 4. The minimum absolute atomic E-state index is 0.108. The van der Waals surface area contributed by atoms with Gasteiger partial charge in [-0.1, -0.05) is 18.7 Å². The number of nitrogens with zero attached hydrogens (tertiary/aromatic N) is 6. The number of ether oxygens (including phenoxy) is 2. The molecule has 11 nitrogen and oxygen atoms in total. The van der Waals surface area contributed by atoms with Crippen molar-refractivity contribution in [3.05, 3.63) is 78.8 Å². The Kier molecular flexibility index (Phi) is 7.19. The Labute approximate surface area is 231 Å². The van der Waals surface area contributed by atoms with Crippen molar-refractivity contribution in [1.29, 1.82) is 0 Å². The van der Waals surface area contributed by atoms with Gasteiger partial charge >= 0.3 is 6.03 Å². The third kappa shape index (κ3) is 5.21. The molecule has 0 aliphatic carbocycles. The standard InChI is InChI=1S/C29H29N7O4/c1-6-23(37)9-19-8-7-18(20-15-31-34(2)16-20)10-26(19)32-28-30-14-21-17-36(29(38)35(3)27(21)33-28)22-11-24(39-4)13-25(12-22)40-5/h6-8,10-16H,1,9,17H2,2-5H3,(H,30,32,33). The Morgan fingerprint density at radius 2 is 1.82 bits per heavy atom. The van der Waals surface area contributed by atoms with Crippen LogP contribution in [-0.4, -0.2) is 52.8 Å². The number of ketones is 1. The molecule has 40 heavy (non-hydrogen) atoms. The first-order chi connectivity index (χ1) is 19.3. The van der Waals surface area contributed by atoms with Crippen molar-refractivity contribution in [2.24, 2.45) is 7.05 Å². The lowest BCUT2D eigenvalue weighted by atomic mass is 10.0. The maximum atomic E-state index is 13.4. The first kappa shape index (κ1) is 26.4. The van der Waals surface area contributed by atoms with Crippen molar-refractivity contribution >= 4 is 35.0 Å². The summed E-state index contributed by atoms with van der Waals surface area (Å²) >= 11 is 0. The summed E-state index contributed by atoms with van der Waals surface area (Å²) in [7, 11) is 6.64. The fraction of sp³-hybridized carbons (Fsp3) is 0.207. The zero-order chi connectivity index (χ0) is 28.4. The van der Waals surface area contributed by atoms with Gasteiger partial charge in [-0.05, 0) is 23.3 Å². The smallest absolute Gasteiger partial charge is 0.330 e. The van der Waals surface area contributed by atoms with E-state index < -0.39 is 0 Å². The molecule has 1 aliphatic rings. The number of rotatable bonds is 9. The maximum absolute atomic E-state index is 13.4. The molecule has 1 N–H and O–H groups in total. The van der Waals surface area contributed by atoms with Gasteiger partial charge in [0.1, 0.15) is 17.3 Å². The van der Waals surface area contributed by atoms with Gasteiger partial charge in [-0.3, -0.25) is 19.3 Å². The number of aryl methyl sites for hydroxylation is 1. The number of methoxy groups -OCH3 is 2. The number of benzene rings is 2. The Bertz CT molecular complexity index is 1590. The van der Waals surface area contributed by atoms with Crippen molar-refractivity contribution in [2.75, 3.05) is 36.4 Å². The number of nitrogens with one attached hydrogen (secondary N) is 1. The molecule has 204 valence electrons. The number of fused-ring (bicyclic) bond motifs is 1. The first-order valence-electron chi connectivity index (χ1n) is 12.5. The molecule has 0 fully saturated rings. The first-order valence-corrected chi connectivity index (χ1v) is 12.5. The van der Waals surface area contributed by atoms with E-state index in [0.29, 0.717) is 34.6 Å². The summed E-state index contributed by atoms with van der Waals surface area (Å²) in [4.78, 5) is 37.9. The topological polar surface area (TPSA) is 115 Å². The van der Waals surface area contributed by atoms with E-state index in [1.807, 2.05) is 31.4 Å². The zero-order valence-corrected chi connectivity index (χ0v) is 22.7. The number of carbonyl (C=O) groups is 2. The summed E-state index contributed by atoms with van der Waals surface area (Å²) in [6, 6.07) is 10.8. The summed E-state index contributed by atoms with van der Waals surface area (Å²) < 4.78 is 12.5. The predicted molar refractivity (Wildman–Crippen MR) is 152 cm³/mol. The van der Waals surface area contributed by atoms with Crippen LogP contribution in [0.15, 0.2) is 67.6 Å². The molecule has 2 aromatic carbocycles. The van der Waals surface area contributed by atoms with Gasteiger partial charge in [0.15, 0.2) is 5.78 Å². The number of carbonyl (C=O) groups excluding carboxylic acids is 2. The minimum Gasteiger partial charge on any atom is -0.497 e. The summed E-state index contributed by atoms with van der Waals surface area (Å²) in [5.74, 6) is 1.82. The van der Waals surface area contributed by atoms with Gasteiger partial charge in [0.2, 0.25) is 5.95 Å². The summed E-state index contributed by atoms with van der Waals surface area (Å²) in [5, 5.41) is 7.51. The highest BCUT2D eigenvalue weighted by atomic mass is 16.5. The minimum atomic E-state index is -0.261. The Hall–Kier alpha value is -5.19. The van der Waals surface area contributed by atoms with Crippen LogP contribution in [0.4, 0.5) is 27.9 Å². The van der Waals surface area contributed by atoms with Crippen LogP contribution >= 0.6 is 0 Å². The normalized spacial score (nSPS) is 12.7. The van der Waals surface area contributed by atoms with Crippen LogP contribution < -0.4 is 24.6 Å². The summed E-state index contributed by atoms with van der Waals surface area (Å²) in [6.45, 7) is 3.86. The van der Waals surface area contributed by atoms with Crippen molar-refractivity contribution in [1.82, 2.24) is 19.7 Å². The zero-order valence-electron chi connectivity index (χ0n) is 22.7. The van der Waals surface area contributed by atoms with E-state index >= 15 is 0 Å². The van der Waals surface area contributed by atoms with Crippen LogP contribution in [0.2, 0.25) is 0 Å². The quantitative estimate of drug-likeness (QED) is 0.309. The molecular weight excluding hydrogens is 510 g/mol. The second kappa shape index (κ2) is 10.9. The molecule has 3 heterocycles. The summed E-state index contributed by atoms with van der Waals surface area (Å²) in [6.07, 6.45) is 6.85. The van der Waals surface area contributed by atoms with Crippen LogP contribution in [0.25, 0.3) is 11.1 Å². The molecular formula is C29H29N7O4. The molecule has 2 amide bonds. The van der Waals surface area contributed by atoms with Gasteiger partial charge in [0.05, 0.1) is 32.6 Å². The predicted octanol–water partition coefficient (Wildman–Crippen LogP) is 4.51. The van der Waals surface area contributed by atoms with E-state index in [0.717, 1.165) is 22.3 Å². The molecule has 0 saturated carbocycles. The Balaban J connectivity index is 1.47. The second-order valence-electron chi connectivity index (χ2n) is 9.29. The number of hydrogen-bond acceptors (Lipinski definition) is 8. The van der Waals surface area contributed by atoms with E-state index in [1.54, 1.807) is 61.4 Å². The highest BCUT2D eigenvalue weighted by molar-refractivity contribution is 6.05. The maximum Gasteiger partial charge on any atom is 0.330 e. The van der Waals surface area contributed by atoms with Gasteiger partial charge in [-0.25, -0.2) is 9.78 Å². The van der Waals surface area contributed by atoms with E-state index in [2.05, 4.69) is 27.0 Å². The number of amides is 2. The van der Waals surface area contributed by atoms with Crippen LogP contribution in [0.3, 0.4) is 0 Å². The Morgan fingerprint density at radius 1 is 1.07 bits per heavy atom. The van der Waals surface area contributed by atoms with Crippen molar-refractivity contribution < 1.29 is 19.1 Å². The second-order valence-corrected chi connectivity index (χ2v) is 9.29. The van der Waals surface area contributed by atoms with Gasteiger partial charge in [0, 0.05) is 67.9 Å². The summed E-state index contributed by atoms with van der Waals surface area (Å²) in [5.41, 5.74) is 4.68. The van der Waals surface area contributed by atoms with Crippen molar-refractivity contribution in [2.45, 2.75) is 13.0 Å². The molecule has 5 rings (SSSR count). The van der Waals surface area contributed by atoms with Gasteiger partial charge < -0.3 is 14.8 Å². The van der Waals surface area contributed by atoms with Crippen LogP contribution in [0, 0.1) is 0 Å². The number of aromatic nitrogens is 4. The molecule has 0 saturated heterocycles. The molecule has 0 unspecified atom stereocenters. The highest BCUT2D eigenvalue weighted by Crippen LogP contribution is 2.35. The van der Waals surface area contributed by atoms with Gasteiger partial charge in [0.25, 0.3) is 0 Å². The van der Waals surface area contributed by atoms with Gasteiger partial charge in [-0.15, -0.1) is 0 Å². The SMILES string of the molecule is C=CC(=O)Cc1ccc(-c2cnn(C)c2)cc1Nc1ncc2c(n1)N(C)C(=O)N(c1cc(OC)cc(OC)c1)C2. The lowest BCUT2D eigenvalue weighted by Crippen LogP contribution is -2.46. The molecule has 11 heteroatoms. The Morgan fingerprint density at radius 3 is 2.48 bits per heavy atom. The average Bonchev–Trinajstić information content (AvgIpc) is 3.41. The molecule has 0 atom stereocenters. The molecule has 0 bridgehead atoms. The van der Waals surface area contributed by atoms with E-state index in [9.17, 15) is 9.59 Å². The highest BCUT2D eigenvalue weighted by Gasteiger charge is 2.31. The number of urea groups is 1. The fourth-order valence-electron chi connectivity index (χ4n) is 4.50. The largest absolute Gasteiger partial charge is 0.497 e. The fourth-order valence-corrected chi connectivity index (χ4v) is 4.50. The average molecular weight is 540 g/mol. The van der Waals surface area contributed by atoms with Gasteiger partial charge in [-0.2, -0.15) is 10.1 Å². The lowest BCUT2D eigenvalue weighted by molar-refractivity contribution is -0.114. The lowest BCUT2D eigenvalue weighted by Gasteiger charge is -2.34.